The molecule has 116 valence electrons. The van der Waals surface area contributed by atoms with Gasteiger partial charge in [0, 0.05) is 29.6 Å². The van der Waals surface area contributed by atoms with E-state index in [-0.39, 0.29) is 23.4 Å². The molecule has 5 nitrogen and oxygen atoms in total. The number of nitrogens with one attached hydrogen (secondary N) is 1. The van der Waals surface area contributed by atoms with E-state index in [0.717, 1.165) is 22.8 Å². The van der Waals surface area contributed by atoms with Crippen LogP contribution in [0.4, 0.5) is 0 Å². The van der Waals surface area contributed by atoms with Crippen LogP contribution in [0.15, 0.2) is 9.95 Å². The minimum Gasteiger partial charge on any atom is -0.353 e. The summed E-state index contributed by atoms with van der Waals surface area (Å²) in [5.41, 5.74) is 1.57. The number of fused-ring (bicyclic) bond motifs is 1. The van der Waals surface area contributed by atoms with Crippen molar-refractivity contribution in [3.8, 4) is 0 Å². The number of carbonyl (C=O) groups excluding carboxylic acids is 1. The van der Waals surface area contributed by atoms with Crippen LogP contribution in [0.1, 0.15) is 38.4 Å². The molecule has 0 radical (unpaired) electrons. The van der Waals surface area contributed by atoms with Gasteiger partial charge in [-0.2, -0.15) is 0 Å². The van der Waals surface area contributed by atoms with Gasteiger partial charge in [-0.15, -0.1) is 0 Å². The van der Waals surface area contributed by atoms with Crippen LogP contribution in [0.25, 0.3) is 0 Å². The third-order valence-electron chi connectivity index (χ3n) is 3.98. The maximum Gasteiger partial charge on any atom is 0.257 e. The standard InChI is InChI=1S/C15H23N3O2S/c1-5-9(3)16-13(19)11-7-18-14(20)12(6-2)10(4)17-15(18)21-8-11/h9,11H,5-8H2,1-4H3,(H,16,19). The van der Waals surface area contributed by atoms with Crippen molar-refractivity contribution in [3.05, 3.63) is 21.6 Å². The minimum atomic E-state index is -0.164. The molecule has 0 fully saturated rings. The van der Waals surface area contributed by atoms with Crippen molar-refractivity contribution in [1.82, 2.24) is 14.9 Å². The van der Waals surface area contributed by atoms with Gasteiger partial charge in [-0.25, -0.2) is 4.98 Å². The number of aryl methyl sites for hydroxylation is 1. The summed E-state index contributed by atoms with van der Waals surface area (Å²) in [7, 11) is 0. The Balaban J connectivity index is 2.24. The average Bonchev–Trinajstić information content (AvgIpc) is 2.47. The number of aromatic nitrogens is 2. The number of rotatable bonds is 4. The normalized spacial score (nSPS) is 19.0. The Bertz CT molecular complexity index is 597. The number of thioether (sulfide) groups is 1. The zero-order valence-electron chi connectivity index (χ0n) is 13.1. The summed E-state index contributed by atoms with van der Waals surface area (Å²) in [6.07, 6.45) is 1.58. The first-order chi connectivity index (χ1) is 9.97. The van der Waals surface area contributed by atoms with Gasteiger partial charge in [0.25, 0.3) is 5.56 Å². The van der Waals surface area contributed by atoms with Gasteiger partial charge in [0.05, 0.1) is 5.92 Å². The predicted molar refractivity (Wildman–Crippen MR) is 84.7 cm³/mol. The number of hydrogen-bond acceptors (Lipinski definition) is 4. The lowest BCUT2D eigenvalue weighted by Gasteiger charge is -2.26. The fraction of sp³-hybridized carbons (Fsp3) is 0.667. The molecule has 0 spiro atoms. The molecule has 2 heterocycles. The van der Waals surface area contributed by atoms with Crippen LogP contribution in [0, 0.1) is 12.8 Å². The van der Waals surface area contributed by atoms with Gasteiger partial charge in [-0.05, 0) is 26.7 Å². The summed E-state index contributed by atoms with van der Waals surface area (Å²) in [4.78, 5) is 29.3. The second-order valence-electron chi connectivity index (χ2n) is 5.55. The molecule has 0 saturated carbocycles. The van der Waals surface area contributed by atoms with Crippen molar-refractivity contribution in [2.24, 2.45) is 5.92 Å². The zero-order valence-corrected chi connectivity index (χ0v) is 13.9. The third kappa shape index (κ3) is 3.31. The smallest absolute Gasteiger partial charge is 0.257 e. The fourth-order valence-corrected chi connectivity index (χ4v) is 3.55. The highest BCUT2D eigenvalue weighted by Gasteiger charge is 2.28. The number of carbonyl (C=O) groups is 1. The summed E-state index contributed by atoms with van der Waals surface area (Å²) in [6, 6.07) is 0.169. The summed E-state index contributed by atoms with van der Waals surface area (Å²) in [5.74, 6) is 0.552. The maximum atomic E-state index is 12.5. The summed E-state index contributed by atoms with van der Waals surface area (Å²) >= 11 is 1.50. The van der Waals surface area contributed by atoms with E-state index in [4.69, 9.17) is 0 Å². The van der Waals surface area contributed by atoms with Gasteiger partial charge in [0.2, 0.25) is 5.91 Å². The van der Waals surface area contributed by atoms with Crippen LogP contribution in [0.3, 0.4) is 0 Å². The molecule has 21 heavy (non-hydrogen) atoms. The Hall–Kier alpha value is -1.30. The highest BCUT2D eigenvalue weighted by atomic mass is 32.2. The van der Waals surface area contributed by atoms with Crippen molar-refractivity contribution in [1.29, 1.82) is 0 Å². The molecule has 1 N–H and O–H groups in total. The highest BCUT2D eigenvalue weighted by Crippen LogP contribution is 2.26. The first-order valence-electron chi connectivity index (χ1n) is 7.51. The monoisotopic (exact) mass is 309 g/mol. The number of hydrogen-bond donors (Lipinski definition) is 1. The van der Waals surface area contributed by atoms with E-state index < -0.39 is 0 Å². The predicted octanol–water partition coefficient (Wildman–Crippen LogP) is 1.75. The largest absolute Gasteiger partial charge is 0.353 e. The summed E-state index contributed by atoms with van der Waals surface area (Å²) in [6.45, 7) is 8.31. The highest BCUT2D eigenvalue weighted by molar-refractivity contribution is 7.99. The molecule has 6 heteroatoms. The molecule has 2 atom stereocenters. The quantitative estimate of drug-likeness (QED) is 0.861. The Kier molecular flexibility index (Phi) is 5.08. The van der Waals surface area contributed by atoms with Crippen molar-refractivity contribution >= 4 is 17.7 Å². The van der Waals surface area contributed by atoms with Crippen LogP contribution in [-0.4, -0.2) is 27.3 Å². The van der Waals surface area contributed by atoms with Crippen LogP contribution in [-0.2, 0) is 17.8 Å². The Morgan fingerprint density at radius 2 is 2.24 bits per heavy atom. The molecule has 0 bridgehead atoms. The SMILES string of the molecule is CCc1c(C)nc2n(c1=O)CC(C(=O)NC(C)CC)CS2. The van der Waals surface area contributed by atoms with E-state index in [9.17, 15) is 9.59 Å². The lowest BCUT2D eigenvalue weighted by Crippen LogP contribution is -2.43. The Labute approximate surface area is 129 Å². The molecule has 1 aromatic heterocycles. The molecule has 0 aromatic carbocycles. The van der Waals surface area contributed by atoms with E-state index in [2.05, 4.69) is 10.3 Å². The molecule has 0 aliphatic carbocycles. The van der Waals surface area contributed by atoms with E-state index in [1.165, 1.54) is 11.8 Å². The Morgan fingerprint density at radius 1 is 1.52 bits per heavy atom. The third-order valence-corrected chi connectivity index (χ3v) is 5.12. The lowest BCUT2D eigenvalue weighted by atomic mass is 10.1. The first kappa shape index (κ1) is 16.1. The second kappa shape index (κ2) is 6.64. The van der Waals surface area contributed by atoms with E-state index in [1.54, 1.807) is 4.57 Å². The van der Waals surface area contributed by atoms with Gasteiger partial charge in [0.1, 0.15) is 0 Å². The van der Waals surface area contributed by atoms with E-state index in [1.807, 2.05) is 27.7 Å². The van der Waals surface area contributed by atoms with E-state index in [0.29, 0.717) is 18.7 Å². The number of nitrogens with zero attached hydrogens (tertiary/aromatic N) is 2. The topological polar surface area (TPSA) is 64.0 Å². The number of amides is 1. The maximum absolute atomic E-state index is 12.5. The van der Waals surface area contributed by atoms with Crippen LogP contribution in [0.2, 0.25) is 0 Å². The van der Waals surface area contributed by atoms with Crippen molar-refractivity contribution < 1.29 is 4.79 Å². The average molecular weight is 309 g/mol. The molecule has 0 saturated heterocycles. The van der Waals surface area contributed by atoms with Crippen LogP contribution >= 0.6 is 11.8 Å². The fourth-order valence-electron chi connectivity index (χ4n) is 2.42. The van der Waals surface area contributed by atoms with Gasteiger partial charge < -0.3 is 5.32 Å². The van der Waals surface area contributed by atoms with Crippen LogP contribution < -0.4 is 10.9 Å². The first-order valence-corrected chi connectivity index (χ1v) is 8.49. The molecular weight excluding hydrogens is 286 g/mol. The van der Waals surface area contributed by atoms with Gasteiger partial charge in [-0.3, -0.25) is 14.2 Å². The molecule has 1 aromatic rings. The van der Waals surface area contributed by atoms with Crippen molar-refractivity contribution in [2.75, 3.05) is 5.75 Å². The lowest BCUT2D eigenvalue weighted by molar-refractivity contribution is -0.125. The molecular formula is C15H23N3O2S. The van der Waals surface area contributed by atoms with Gasteiger partial charge in [0.15, 0.2) is 5.16 Å². The summed E-state index contributed by atoms with van der Waals surface area (Å²) < 4.78 is 1.67. The van der Waals surface area contributed by atoms with Crippen molar-refractivity contribution in [3.63, 3.8) is 0 Å². The minimum absolute atomic E-state index is 0.00791. The van der Waals surface area contributed by atoms with E-state index >= 15 is 0 Å². The van der Waals surface area contributed by atoms with Gasteiger partial charge in [-0.1, -0.05) is 25.6 Å². The van der Waals surface area contributed by atoms with Gasteiger partial charge >= 0.3 is 0 Å². The summed E-state index contributed by atoms with van der Waals surface area (Å²) in [5, 5.41) is 3.74. The molecule has 1 amide bonds. The molecule has 1 aliphatic rings. The van der Waals surface area contributed by atoms with Crippen molar-refractivity contribution in [2.45, 2.75) is 58.3 Å². The van der Waals surface area contributed by atoms with Crippen LogP contribution in [0.5, 0.6) is 0 Å². The zero-order chi connectivity index (χ0) is 15.6. The molecule has 2 unspecified atom stereocenters. The Morgan fingerprint density at radius 3 is 2.86 bits per heavy atom. The molecule has 1 aliphatic heterocycles. The second-order valence-corrected chi connectivity index (χ2v) is 6.54. The molecule has 2 rings (SSSR count).